The first-order valence-electron chi connectivity index (χ1n) is 4.41. The molecule has 1 unspecified atom stereocenters. The average Bonchev–Trinajstić information content (AvgIpc) is 2.19. The number of para-hydroxylation sites is 1. The molecule has 5 heteroatoms. The zero-order valence-electron chi connectivity index (χ0n) is 8.02. The highest BCUT2D eigenvalue weighted by Crippen LogP contribution is 2.17. The lowest BCUT2D eigenvalue weighted by Gasteiger charge is -2.24. The maximum Gasteiger partial charge on any atom is 0.363 e. The Balaban J connectivity index is 2.80. The van der Waals surface area contributed by atoms with Crippen LogP contribution >= 0.6 is 11.6 Å². The van der Waals surface area contributed by atoms with Gasteiger partial charge < -0.3 is 9.84 Å². The number of hydrogen-bond donors (Lipinski definition) is 2. The lowest BCUT2D eigenvalue weighted by Crippen LogP contribution is -2.53. The molecule has 0 bridgehead atoms. The highest BCUT2D eigenvalue weighted by Gasteiger charge is 2.35. The Morgan fingerprint density at radius 2 is 2.07 bits per heavy atom. The Bertz CT molecular complexity index is 331. The van der Waals surface area contributed by atoms with Gasteiger partial charge in [0.25, 0.3) is 5.72 Å². The van der Waals surface area contributed by atoms with Crippen LogP contribution in [0.3, 0.4) is 0 Å². The summed E-state index contributed by atoms with van der Waals surface area (Å²) in [5.74, 6) is -0.699. The maximum atomic E-state index is 10.9. The lowest BCUT2D eigenvalue weighted by molar-refractivity contribution is -0.155. The molecular weight excluding hydrogens is 218 g/mol. The first-order chi connectivity index (χ1) is 7.08. The van der Waals surface area contributed by atoms with Gasteiger partial charge in [-0.2, -0.15) is 0 Å². The highest BCUT2D eigenvalue weighted by molar-refractivity contribution is 6.18. The molecule has 0 saturated carbocycles. The van der Waals surface area contributed by atoms with Gasteiger partial charge in [0, 0.05) is 12.3 Å². The molecule has 0 fully saturated rings. The van der Waals surface area contributed by atoms with Crippen molar-refractivity contribution in [3.8, 4) is 5.75 Å². The van der Waals surface area contributed by atoms with Gasteiger partial charge in [0.15, 0.2) is 0 Å². The van der Waals surface area contributed by atoms with Crippen LogP contribution in [0.2, 0.25) is 0 Å². The number of benzene rings is 1. The van der Waals surface area contributed by atoms with Crippen LogP contribution in [-0.2, 0) is 4.79 Å². The molecule has 0 heterocycles. The van der Waals surface area contributed by atoms with Crippen molar-refractivity contribution >= 4 is 17.6 Å². The first-order valence-corrected chi connectivity index (χ1v) is 4.94. The van der Waals surface area contributed by atoms with Gasteiger partial charge in [-0.25, -0.2) is 4.79 Å². The van der Waals surface area contributed by atoms with Crippen molar-refractivity contribution in [2.75, 3.05) is 5.88 Å². The van der Waals surface area contributed by atoms with Crippen molar-refractivity contribution in [2.45, 2.75) is 12.1 Å². The van der Waals surface area contributed by atoms with Crippen molar-refractivity contribution < 1.29 is 14.6 Å². The van der Waals surface area contributed by atoms with Crippen molar-refractivity contribution in [2.24, 2.45) is 5.73 Å². The van der Waals surface area contributed by atoms with Gasteiger partial charge in [-0.05, 0) is 12.1 Å². The smallest absolute Gasteiger partial charge is 0.363 e. The van der Waals surface area contributed by atoms with Gasteiger partial charge in [0.1, 0.15) is 5.75 Å². The van der Waals surface area contributed by atoms with E-state index in [0.29, 0.717) is 5.75 Å². The van der Waals surface area contributed by atoms with E-state index in [4.69, 9.17) is 27.2 Å². The topological polar surface area (TPSA) is 72.5 Å². The maximum absolute atomic E-state index is 10.9. The van der Waals surface area contributed by atoms with Crippen LogP contribution < -0.4 is 10.5 Å². The Labute approximate surface area is 92.6 Å². The fourth-order valence-electron chi connectivity index (χ4n) is 1.04. The summed E-state index contributed by atoms with van der Waals surface area (Å²) in [5.41, 5.74) is 3.82. The summed E-state index contributed by atoms with van der Waals surface area (Å²) in [7, 11) is 0. The third-order valence-electron chi connectivity index (χ3n) is 1.87. The molecular formula is C10H12ClNO3. The van der Waals surface area contributed by atoms with Crippen LogP contribution in [0, 0.1) is 0 Å². The standard InChI is InChI=1S/C10H12ClNO3/c11-7-6-10(12,9(13)14)15-8-4-2-1-3-5-8/h1-5H,6-7,12H2,(H,13,14). The minimum Gasteiger partial charge on any atom is -0.477 e. The molecule has 1 aromatic rings. The fraction of sp³-hybridized carbons (Fsp3) is 0.300. The van der Waals surface area contributed by atoms with E-state index in [1.54, 1.807) is 30.3 Å². The van der Waals surface area contributed by atoms with Crippen LogP contribution in [0.25, 0.3) is 0 Å². The highest BCUT2D eigenvalue weighted by atomic mass is 35.5. The predicted molar refractivity (Wildman–Crippen MR) is 57.0 cm³/mol. The minimum atomic E-state index is -1.76. The summed E-state index contributed by atoms with van der Waals surface area (Å²) in [4.78, 5) is 10.9. The van der Waals surface area contributed by atoms with E-state index >= 15 is 0 Å². The van der Waals surface area contributed by atoms with Crippen LogP contribution in [-0.4, -0.2) is 22.7 Å². The number of hydrogen-bond acceptors (Lipinski definition) is 3. The second kappa shape index (κ2) is 5.00. The summed E-state index contributed by atoms with van der Waals surface area (Å²) < 4.78 is 5.20. The Kier molecular flexibility index (Phi) is 3.94. The zero-order chi connectivity index (χ0) is 11.3. The molecule has 4 nitrogen and oxygen atoms in total. The molecule has 0 radical (unpaired) electrons. The molecule has 3 N–H and O–H groups in total. The third-order valence-corrected chi connectivity index (χ3v) is 2.06. The Hall–Kier alpha value is -1.26. The average molecular weight is 230 g/mol. The molecule has 1 atom stereocenters. The normalized spacial score (nSPS) is 14.3. The second-order valence-electron chi connectivity index (χ2n) is 3.05. The quantitative estimate of drug-likeness (QED) is 0.592. The summed E-state index contributed by atoms with van der Waals surface area (Å²) in [6.45, 7) is 0. The third kappa shape index (κ3) is 3.11. The number of nitrogens with two attached hydrogens (primary N) is 1. The molecule has 0 aromatic heterocycles. The number of halogens is 1. The van der Waals surface area contributed by atoms with E-state index in [9.17, 15) is 4.79 Å². The molecule has 0 saturated heterocycles. The van der Waals surface area contributed by atoms with Crippen molar-refractivity contribution in [1.29, 1.82) is 0 Å². The van der Waals surface area contributed by atoms with Crippen molar-refractivity contribution in [3.63, 3.8) is 0 Å². The van der Waals surface area contributed by atoms with Crippen LogP contribution in [0.15, 0.2) is 30.3 Å². The van der Waals surface area contributed by atoms with Gasteiger partial charge in [-0.15, -0.1) is 11.6 Å². The van der Waals surface area contributed by atoms with Crippen molar-refractivity contribution in [1.82, 2.24) is 0 Å². The Morgan fingerprint density at radius 3 is 2.53 bits per heavy atom. The molecule has 0 aliphatic rings. The zero-order valence-corrected chi connectivity index (χ0v) is 8.78. The van der Waals surface area contributed by atoms with Gasteiger partial charge >= 0.3 is 5.97 Å². The number of rotatable bonds is 5. The summed E-state index contributed by atoms with van der Waals surface area (Å²) in [5, 5.41) is 8.92. The largest absolute Gasteiger partial charge is 0.477 e. The number of alkyl halides is 1. The molecule has 15 heavy (non-hydrogen) atoms. The van der Waals surface area contributed by atoms with Gasteiger partial charge in [-0.1, -0.05) is 18.2 Å². The van der Waals surface area contributed by atoms with E-state index in [1.165, 1.54) is 0 Å². The molecule has 0 amide bonds. The number of carbonyl (C=O) groups is 1. The van der Waals surface area contributed by atoms with E-state index in [1.807, 2.05) is 0 Å². The first kappa shape index (κ1) is 11.8. The molecule has 0 aliphatic carbocycles. The van der Waals surface area contributed by atoms with Crippen molar-refractivity contribution in [3.05, 3.63) is 30.3 Å². The van der Waals surface area contributed by atoms with E-state index in [2.05, 4.69) is 0 Å². The van der Waals surface area contributed by atoms with Gasteiger partial charge in [0.05, 0.1) is 0 Å². The SMILES string of the molecule is NC(CCCl)(Oc1ccccc1)C(=O)O. The minimum absolute atomic E-state index is 0.0405. The van der Waals surface area contributed by atoms with E-state index < -0.39 is 11.7 Å². The lowest BCUT2D eigenvalue weighted by atomic mass is 10.2. The summed E-state index contributed by atoms with van der Waals surface area (Å²) in [6, 6.07) is 8.54. The number of carboxylic acids is 1. The number of aliphatic carboxylic acids is 1. The van der Waals surface area contributed by atoms with Gasteiger partial charge in [-0.3, -0.25) is 5.73 Å². The second-order valence-corrected chi connectivity index (χ2v) is 3.43. The molecule has 0 aliphatic heterocycles. The van der Waals surface area contributed by atoms with Crippen LogP contribution in [0.5, 0.6) is 5.75 Å². The monoisotopic (exact) mass is 229 g/mol. The predicted octanol–water partition coefficient (Wildman–Crippen LogP) is 1.43. The van der Waals surface area contributed by atoms with E-state index in [-0.39, 0.29) is 12.3 Å². The molecule has 1 aromatic carbocycles. The fourth-order valence-corrected chi connectivity index (χ4v) is 1.32. The Morgan fingerprint density at radius 1 is 1.47 bits per heavy atom. The summed E-state index contributed by atoms with van der Waals surface area (Å²) >= 11 is 5.47. The van der Waals surface area contributed by atoms with Crippen LogP contribution in [0.1, 0.15) is 6.42 Å². The molecule has 82 valence electrons. The number of ether oxygens (including phenoxy) is 1. The summed E-state index contributed by atoms with van der Waals surface area (Å²) in [6.07, 6.45) is 0.0405. The molecule has 1 rings (SSSR count). The number of carboxylic acid groups (broad SMARTS) is 1. The molecule has 0 spiro atoms. The van der Waals surface area contributed by atoms with Gasteiger partial charge in [0.2, 0.25) is 0 Å². The van der Waals surface area contributed by atoms with E-state index in [0.717, 1.165) is 0 Å². The van der Waals surface area contributed by atoms with Crippen LogP contribution in [0.4, 0.5) is 0 Å².